The van der Waals surface area contributed by atoms with E-state index < -0.39 is 16.8 Å². The molecule has 88 valence electrons. The number of amides is 1. The fourth-order valence-electron chi connectivity index (χ4n) is 1.11. The van der Waals surface area contributed by atoms with Gasteiger partial charge in [0.05, 0.1) is 4.90 Å². The van der Waals surface area contributed by atoms with E-state index in [9.17, 15) is 13.4 Å². The third-order valence-corrected chi connectivity index (χ3v) is 3.11. The molecule has 0 aliphatic heterocycles. The van der Waals surface area contributed by atoms with Gasteiger partial charge in [0.25, 0.3) is 0 Å². The summed E-state index contributed by atoms with van der Waals surface area (Å²) in [4.78, 5) is 11.7. The van der Waals surface area contributed by atoms with Crippen molar-refractivity contribution in [3.05, 3.63) is 30.1 Å². The first-order valence-corrected chi connectivity index (χ1v) is 6.25. The van der Waals surface area contributed by atoms with E-state index in [0.29, 0.717) is 11.3 Å². The monoisotopic (exact) mass is 243 g/mol. The smallest absolute Gasteiger partial charge is 0.231 e. The zero-order valence-corrected chi connectivity index (χ0v) is 9.85. The number of hydrogen-bond acceptors (Lipinski definition) is 2. The first-order chi connectivity index (χ1) is 7.63. The molecular weight excluding hydrogens is 229 g/mol. The van der Waals surface area contributed by atoms with E-state index in [-0.39, 0.29) is 5.91 Å². The summed E-state index contributed by atoms with van der Waals surface area (Å²) in [7, 11) is -1.59. The van der Waals surface area contributed by atoms with Gasteiger partial charge in [0.15, 0.2) is 11.0 Å². The highest BCUT2D eigenvalue weighted by atomic mass is 32.2. The number of unbranched alkanes of at least 4 members (excludes halogenated alkanes) is 1. The first-order valence-electron chi connectivity index (χ1n) is 5.10. The average Bonchev–Trinajstić information content (AvgIpc) is 2.27. The Bertz CT molecular complexity index is 378. The molecule has 0 spiro atoms. The molecule has 0 radical (unpaired) electrons. The van der Waals surface area contributed by atoms with E-state index in [4.69, 9.17) is 0 Å². The molecule has 0 saturated heterocycles. The molecule has 3 nitrogen and oxygen atoms in total. The average molecular weight is 243 g/mol. The van der Waals surface area contributed by atoms with Crippen molar-refractivity contribution in [2.45, 2.75) is 31.1 Å². The Morgan fingerprint density at radius 1 is 1.38 bits per heavy atom. The van der Waals surface area contributed by atoms with Crippen LogP contribution in [0.1, 0.15) is 26.2 Å². The zero-order chi connectivity index (χ0) is 12.0. The molecule has 1 aromatic rings. The van der Waals surface area contributed by atoms with Crippen molar-refractivity contribution < 1.29 is 13.4 Å². The summed E-state index contributed by atoms with van der Waals surface area (Å²) in [5.41, 5.74) is 0. The zero-order valence-electron chi connectivity index (χ0n) is 9.03. The minimum absolute atomic E-state index is 0.246. The lowest BCUT2D eigenvalue weighted by molar-refractivity contribution is -0.119. The van der Waals surface area contributed by atoms with Crippen molar-refractivity contribution in [3.63, 3.8) is 0 Å². The molecule has 1 amide bonds. The standard InChI is InChI=1S/C11H14FNO2S/c1-2-3-4-11(14)13-16(15)10-7-5-9(12)6-8-10/h5-8H,2-4H2,1H3,(H,13,14). The molecule has 0 aliphatic carbocycles. The second-order valence-electron chi connectivity index (χ2n) is 3.35. The number of carbonyl (C=O) groups excluding carboxylic acids is 1. The largest absolute Gasteiger partial charge is 0.274 e. The number of hydrogen-bond donors (Lipinski definition) is 1. The van der Waals surface area contributed by atoms with E-state index in [1.165, 1.54) is 24.3 Å². The fraction of sp³-hybridized carbons (Fsp3) is 0.364. The lowest BCUT2D eigenvalue weighted by Gasteiger charge is -2.04. The predicted molar refractivity (Wildman–Crippen MR) is 60.5 cm³/mol. The molecule has 1 aromatic carbocycles. The fourth-order valence-corrected chi connectivity index (χ4v) is 1.92. The molecule has 0 saturated carbocycles. The van der Waals surface area contributed by atoms with Crippen LogP contribution in [0.4, 0.5) is 4.39 Å². The summed E-state index contributed by atoms with van der Waals surface area (Å²) in [6.45, 7) is 1.98. The number of rotatable bonds is 5. The van der Waals surface area contributed by atoms with E-state index >= 15 is 0 Å². The molecule has 1 atom stereocenters. The van der Waals surface area contributed by atoms with Crippen LogP contribution in [0.3, 0.4) is 0 Å². The van der Waals surface area contributed by atoms with Gasteiger partial charge in [0.2, 0.25) is 5.91 Å². The molecule has 16 heavy (non-hydrogen) atoms. The summed E-state index contributed by atoms with van der Waals surface area (Å²) >= 11 is 0. The minimum Gasteiger partial charge on any atom is -0.274 e. The van der Waals surface area contributed by atoms with Crippen molar-refractivity contribution in [3.8, 4) is 0 Å². The van der Waals surface area contributed by atoms with Gasteiger partial charge in [-0.25, -0.2) is 8.60 Å². The highest BCUT2D eigenvalue weighted by molar-refractivity contribution is 7.83. The Morgan fingerprint density at radius 2 is 2.00 bits per heavy atom. The lowest BCUT2D eigenvalue weighted by Crippen LogP contribution is -2.25. The van der Waals surface area contributed by atoms with Crippen molar-refractivity contribution in [2.24, 2.45) is 0 Å². The van der Waals surface area contributed by atoms with Gasteiger partial charge in [0.1, 0.15) is 5.82 Å². The quantitative estimate of drug-likeness (QED) is 0.861. The SMILES string of the molecule is CCCCC(=O)NS(=O)c1ccc(F)cc1. The van der Waals surface area contributed by atoms with E-state index in [1.807, 2.05) is 6.92 Å². The summed E-state index contributed by atoms with van der Waals surface area (Å²) in [6, 6.07) is 5.22. The summed E-state index contributed by atoms with van der Waals surface area (Å²) in [6.07, 6.45) is 2.05. The van der Waals surface area contributed by atoms with E-state index in [0.717, 1.165) is 12.8 Å². The summed E-state index contributed by atoms with van der Waals surface area (Å²) < 4.78 is 26.5. The van der Waals surface area contributed by atoms with Crippen LogP contribution in [0.15, 0.2) is 29.2 Å². The van der Waals surface area contributed by atoms with E-state index in [2.05, 4.69) is 4.72 Å². The Hall–Kier alpha value is -1.23. The molecule has 0 aliphatic rings. The normalized spacial score (nSPS) is 12.1. The van der Waals surface area contributed by atoms with Gasteiger partial charge in [-0.05, 0) is 30.7 Å². The lowest BCUT2D eigenvalue weighted by atomic mass is 10.2. The first kappa shape index (κ1) is 12.8. The maximum Gasteiger partial charge on any atom is 0.231 e. The number of halogens is 1. The molecule has 1 N–H and O–H groups in total. The van der Waals surface area contributed by atoms with Crippen LogP contribution in [-0.2, 0) is 15.8 Å². The highest BCUT2D eigenvalue weighted by Crippen LogP contribution is 2.06. The second kappa shape index (κ2) is 6.37. The van der Waals surface area contributed by atoms with Gasteiger partial charge < -0.3 is 0 Å². The molecular formula is C11H14FNO2S. The maximum atomic E-state index is 12.6. The molecule has 0 fully saturated rings. The Kier molecular flexibility index (Phi) is 5.11. The molecule has 5 heteroatoms. The van der Waals surface area contributed by atoms with Crippen LogP contribution < -0.4 is 4.72 Å². The molecule has 1 rings (SSSR count). The second-order valence-corrected chi connectivity index (χ2v) is 4.56. The van der Waals surface area contributed by atoms with Crippen molar-refractivity contribution in [2.75, 3.05) is 0 Å². The van der Waals surface area contributed by atoms with E-state index in [1.54, 1.807) is 0 Å². The molecule has 0 bridgehead atoms. The molecule has 0 aromatic heterocycles. The van der Waals surface area contributed by atoms with Crippen LogP contribution in [-0.4, -0.2) is 10.1 Å². The number of benzene rings is 1. The Morgan fingerprint density at radius 3 is 2.56 bits per heavy atom. The van der Waals surface area contributed by atoms with Crippen molar-refractivity contribution >= 4 is 16.9 Å². The predicted octanol–water partition coefficient (Wildman–Crippen LogP) is 2.15. The van der Waals surface area contributed by atoms with Crippen LogP contribution in [0.25, 0.3) is 0 Å². The number of carbonyl (C=O) groups is 1. The molecule has 1 unspecified atom stereocenters. The van der Waals surface area contributed by atoms with Crippen molar-refractivity contribution in [1.82, 2.24) is 4.72 Å². The molecule has 0 heterocycles. The highest BCUT2D eigenvalue weighted by Gasteiger charge is 2.07. The summed E-state index contributed by atoms with van der Waals surface area (Å²) in [5, 5.41) is 0. The van der Waals surface area contributed by atoms with Crippen LogP contribution in [0.5, 0.6) is 0 Å². The topological polar surface area (TPSA) is 46.2 Å². The van der Waals surface area contributed by atoms with Crippen LogP contribution >= 0.6 is 0 Å². The Labute approximate surface area is 96.6 Å². The number of nitrogens with one attached hydrogen (secondary N) is 1. The minimum atomic E-state index is -1.59. The third kappa shape index (κ3) is 4.10. The van der Waals surface area contributed by atoms with Crippen molar-refractivity contribution in [1.29, 1.82) is 0 Å². The third-order valence-electron chi connectivity index (χ3n) is 1.99. The summed E-state index contributed by atoms with van der Waals surface area (Å²) in [5.74, 6) is -0.637. The van der Waals surface area contributed by atoms with Crippen LogP contribution in [0, 0.1) is 5.82 Å². The van der Waals surface area contributed by atoms with Gasteiger partial charge >= 0.3 is 0 Å². The van der Waals surface area contributed by atoms with Crippen LogP contribution in [0.2, 0.25) is 0 Å². The maximum absolute atomic E-state index is 12.6. The van der Waals surface area contributed by atoms with Gasteiger partial charge in [-0.3, -0.25) is 9.52 Å². The van der Waals surface area contributed by atoms with Gasteiger partial charge in [0, 0.05) is 6.42 Å². The Balaban J connectivity index is 2.52. The van der Waals surface area contributed by atoms with Gasteiger partial charge in [-0.15, -0.1) is 0 Å². The van der Waals surface area contributed by atoms with Gasteiger partial charge in [-0.1, -0.05) is 13.3 Å². The van der Waals surface area contributed by atoms with Gasteiger partial charge in [-0.2, -0.15) is 0 Å².